The normalized spacial score (nSPS) is 11.5. The molecule has 0 aliphatic carbocycles. The summed E-state index contributed by atoms with van der Waals surface area (Å²) in [6, 6.07) is 0. The maximum atomic E-state index is 10.4. The Hall–Kier alpha value is -1.00. The number of aliphatic carboxylic acids is 2. The zero-order chi connectivity index (χ0) is 21.8. The van der Waals surface area contributed by atoms with E-state index >= 15 is 0 Å². The average molecular weight is 495 g/mol. The van der Waals surface area contributed by atoms with Crippen molar-refractivity contribution >= 4 is 45.5 Å². The van der Waals surface area contributed by atoms with Gasteiger partial charge in [0.25, 0.3) is 0 Å². The molecule has 156 valence electrons. The number of hydrogen-bond acceptors (Lipinski definition) is 8. The Morgan fingerprint density at radius 1 is 0.741 bits per heavy atom. The number of ketones is 2. The summed E-state index contributed by atoms with van der Waals surface area (Å²) in [7, 11) is 0. The van der Waals surface area contributed by atoms with Gasteiger partial charge >= 0.3 is 68.0 Å². The van der Waals surface area contributed by atoms with Gasteiger partial charge in [-0.1, -0.05) is 13.8 Å². The molecule has 0 aliphatic heterocycles. The van der Waals surface area contributed by atoms with Gasteiger partial charge in [0.1, 0.15) is 11.6 Å². The van der Waals surface area contributed by atoms with E-state index in [4.69, 9.17) is 6.15 Å². The van der Waals surface area contributed by atoms with E-state index in [2.05, 4.69) is 13.8 Å². The molecule has 27 heavy (non-hydrogen) atoms. The van der Waals surface area contributed by atoms with Crippen molar-refractivity contribution < 1.29 is 35.5 Å². The van der Waals surface area contributed by atoms with Gasteiger partial charge in [-0.3, -0.25) is 9.59 Å². The first kappa shape index (κ1) is 30.7. The molecule has 2 atom stereocenters. The van der Waals surface area contributed by atoms with E-state index in [0.29, 0.717) is 12.8 Å². The van der Waals surface area contributed by atoms with Gasteiger partial charge in [0.15, 0.2) is 0 Å². The summed E-state index contributed by atoms with van der Waals surface area (Å²) >= 11 is -0.851. The number of carboxylic acids is 2. The van der Waals surface area contributed by atoms with Crippen molar-refractivity contribution in [2.75, 3.05) is 13.2 Å². The Balaban J connectivity index is -0.000000320. The summed E-state index contributed by atoms with van der Waals surface area (Å²) in [5, 5.41) is 20.1. The van der Waals surface area contributed by atoms with Gasteiger partial charge in [0.2, 0.25) is 0 Å². The zero-order valence-electron chi connectivity index (χ0n) is 17.2. The van der Waals surface area contributed by atoms with Crippen LogP contribution in [-0.2, 0) is 25.3 Å². The Kier molecular flexibility index (Phi) is 24.2. The third kappa shape index (κ3) is 21.2. The van der Waals surface area contributed by atoms with Crippen molar-refractivity contribution in [3.8, 4) is 0 Å². The molecule has 9 heteroatoms. The first-order valence-corrected chi connectivity index (χ1v) is 11.3. The van der Waals surface area contributed by atoms with Gasteiger partial charge in [0.05, 0.1) is 23.8 Å². The molecule has 0 aromatic carbocycles. The van der Waals surface area contributed by atoms with E-state index < -0.39 is 45.7 Å². The second-order valence-corrected chi connectivity index (χ2v) is 7.68. The molecule has 0 aromatic heterocycles. The van der Waals surface area contributed by atoms with Gasteiger partial charge < -0.3 is 19.8 Å². The monoisotopic (exact) mass is 496 g/mol. The minimum absolute atomic E-state index is 0.317. The summed E-state index contributed by atoms with van der Waals surface area (Å²) in [5.41, 5.74) is 0. The second kappa shape index (κ2) is 21.3. The first-order chi connectivity index (χ1) is 12.6. The standard InChI is InChI=1S/2C6H10O3.2C3H7O.Sn/c2*1-3-5(4(2)7)6(8)9;2*1-2-3-4;/h2*5H,3H2,1-2H3,(H,8,9);2*2-3H2,1H3;/q;;2*-1;+4/p-2. The van der Waals surface area contributed by atoms with Crippen LogP contribution in [0.15, 0.2) is 0 Å². The van der Waals surface area contributed by atoms with Gasteiger partial charge in [0, 0.05) is 0 Å². The molecular formula is C18H32O8Sn. The molecule has 0 fully saturated rings. The molecule has 0 spiro atoms. The van der Waals surface area contributed by atoms with Crippen LogP contribution in [0.1, 0.15) is 67.2 Å². The number of hydrogen-bond donors (Lipinski definition) is 0. The fraction of sp³-hybridized carbons (Fsp3) is 0.778. The Morgan fingerprint density at radius 2 is 1.04 bits per heavy atom. The van der Waals surface area contributed by atoms with Crippen molar-refractivity contribution in [1.29, 1.82) is 0 Å². The summed E-state index contributed by atoms with van der Waals surface area (Å²) < 4.78 is 10.5. The van der Waals surface area contributed by atoms with Gasteiger partial charge in [-0.25, -0.2) is 0 Å². The van der Waals surface area contributed by atoms with Crippen LogP contribution in [0.5, 0.6) is 0 Å². The Labute approximate surface area is 173 Å². The van der Waals surface area contributed by atoms with Crippen LogP contribution in [-0.4, -0.2) is 58.7 Å². The van der Waals surface area contributed by atoms with Crippen molar-refractivity contribution in [2.24, 2.45) is 11.8 Å². The van der Waals surface area contributed by atoms with Crippen molar-refractivity contribution in [3.63, 3.8) is 0 Å². The molecule has 0 N–H and O–H groups in total. The summed E-state index contributed by atoms with van der Waals surface area (Å²) in [6.07, 6.45) is 2.85. The molecule has 2 unspecified atom stereocenters. The van der Waals surface area contributed by atoms with Crippen LogP contribution in [0, 0.1) is 11.8 Å². The third-order valence-electron chi connectivity index (χ3n) is 3.10. The van der Waals surface area contributed by atoms with Gasteiger partial charge in [-0.15, -0.1) is 0 Å². The van der Waals surface area contributed by atoms with Crippen LogP contribution in [0.4, 0.5) is 0 Å². The molecule has 0 bridgehead atoms. The number of Topliss-reactive ketones (excluding diaryl/α,β-unsaturated/α-hetero) is 2. The molecule has 0 aliphatic rings. The Morgan fingerprint density at radius 3 is 1.15 bits per heavy atom. The van der Waals surface area contributed by atoms with Crippen molar-refractivity contribution in [1.82, 2.24) is 0 Å². The quantitative estimate of drug-likeness (QED) is 0.211. The van der Waals surface area contributed by atoms with Crippen LogP contribution in [0.2, 0.25) is 0 Å². The first-order valence-electron chi connectivity index (χ1n) is 9.01. The molecular weight excluding hydrogens is 463 g/mol. The van der Waals surface area contributed by atoms with Crippen molar-refractivity contribution in [3.05, 3.63) is 0 Å². The Bertz CT molecular complexity index is 360. The van der Waals surface area contributed by atoms with Gasteiger partial charge in [-0.2, -0.15) is 0 Å². The van der Waals surface area contributed by atoms with E-state index in [1.807, 2.05) is 0 Å². The van der Waals surface area contributed by atoms with Crippen LogP contribution >= 0.6 is 0 Å². The number of carbonyl (C=O) groups excluding carboxylic acids is 4. The molecule has 0 aromatic rings. The summed E-state index contributed by atoms with van der Waals surface area (Å²) in [5.74, 6) is -5.04. The molecule has 0 amide bonds. The predicted molar refractivity (Wildman–Crippen MR) is 97.2 cm³/mol. The molecule has 8 nitrogen and oxygen atoms in total. The predicted octanol–water partition coefficient (Wildman–Crippen LogP) is 0.0768. The molecule has 0 rings (SSSR count). The summed E-state index contributed by atoms with van der Waals surface area (Å²) in [6.45, 7) is 11.8. The maximum absolute atomic E-state index is 10.4. The number of carbonyl (C=O) groups is 4. The van der Waals surface area contributed by atoms with Crippen LogP contribution in [0.3, 0.4) is 0 Å². The second-order valence-electron chi connectivity index (χ2n) is 5.56. The van der Waals surface area contributed by atoms with E-state index in [0.717, 1.165) is 26.1 Å². The van der Waals surface area contributed by atoms with E-state index in [-0.39, 0.29) is 11.6 Å². The van der Waals surface area contributed by atoms with Crippen LogP contribution < -0.4 is 10.2 Å². The molecule has 0 heterocycles. The molecule has 0 radical (unpaired) electrons. The fourth-order valence-electron chi connectivity index (χ4n) is 1.57. The molecule has 0 saturated carbocycles. The van der Waals surface area contributed by atoms with E-state index in [9.17, 15) is 29.4 Å². The van der Waals surface area contributed by atoms with Gasteiger partial charge in [-0.05, 0) is 26.7 Å². The third-order valence-corrected chi connectivity index (χ3v) is 4.94. The zero-order valence-corrected chi connectivity index (χ0v) is 20.0. The topological polar surface area (TPSA) is 133 Å². The summed E-state index contributed by atoms with van der Waals surface area (Å²) in [4.78, 5) is 40.9. The van der Waals surface area contributed by atoms with Crippen molar-refractivity contribution in [2.45, 2.75) is 67.2 Å². The van der Waals surface area contributed by atoms with E-state index in [1.54, 1.807) is 13.8 Å². The SMILES string of the molecule is CCC(C(C)=O)C(=O)[O-].CCC(C(C)=O)C(=O)[O-].CCC[O][Sn+2][O]CCC. The number of carboxylic acid groups (broad SMARTS) is 2. The number of rotatable bonds is 12. The molecule has 0 saturated heterocycles. The van der Waals surface area contributed by atoms with Crippen LogP contribution in [0.25, 0.3) is 0 Å². The average Bonchev–Trinajstić information content (AvgIpc) is 2.55. The van der Waals surface area contributed by atoms with E-state index in [1.165, 1.54) is 13.8 Å². The minimum atomic E-state index is -1.27. The fourth-order valence-corrected chi connectivity index (χ4v) is 3.45.